The van der Waals surface area contributed by atoms with E-state index < -0.39 is 0 Å². The summed E-state index contributed by atoms with van der Waals surface area (Å²) in [4.78, 5) is 14.7. The van der Waals surface area contributed by atoms with Gasteiger partial charge in [-0.05, 0) is 62.1 Å². The van der Waals surface area contributed by atoms with Crippen LogP contribution in [0.15, 0.2) is 18.2 Å². The van der Waals surface area contributed by atoms with Crippen LogP contribution < -0.4 is 0 Å². The number of rotatable bonds is 4. The third kappa shape index (κ3) is 4.00. The summed E-state index contributed by atoms with van der Waals surface area (Å²) in [6, 6.07) is 6.83. The highest BCUT2D eigenvalue weighted by molar-refractivity contribution is 5.78. The van der Waals surface area contributed by atoms with Gasteiger partial charge in [0.2, 0.25) is 5.91 Å². The minimum atomic E-state index is 0.161. The summed E-state index contributed by atoms with van der Waals surface area (Å²) < 4.78 is 5.96. The fraction of sp³-hybridized carbons (Fsp3) is 0.667. The number of carbonyl (C=O) groups is 1. The van der Waals surface area contributed by atoms with E-state index in [4.69, 9.17) is 4.74 Å². The maximum atomic E-state index is 12.7. The van der Waals surface area contributed by atoms with E-state index in [9.17, 15) is 4.79 Å². The predicted octanol–water partition coefficient (Wildman–Crippen LogP) is 4.56. The van der Waals surface area contributed by atoms with E-state index in [0.717, 1.165) is 38.1 Å². The van der Waals surface area contributed by atoms with Crippen LogP contribution in [0, 0.1) is 19.8 Å². The average molecular weight is 329 g/mol. The predicted molar refractivity (Wildman–Crippen MR) is 97.0 cm³/mol. The van der Waals surface area contributed by atoms with Gasteiger partial charge in [0.1, 0.15) is 6.61 Å². The van der Waals surface area contributed by atoms with Crippen molar-refractivity contribution in [3.8, 4) is 0 Å². The Morgan fingerprint density at radius 2 is 2.00 bits per heavy atom. The van der Waals surface area contributed by atoms with Gasteiger partial charge in [-0.25, -0.2) is 0 Å². The minimum Gasteiger partial charge on any atom is -0.368 e. The number of nitrogens with zero attached hydrogens (tertiary/aromatic N) is 1. The number of hydrogen-bond donors (Lipinski definition) is 0. The second kappa shape index (κ2) is 7.69. The smallest absolute Gasteiger partial charge is 0.249 e. The van der Waals surface area contributed by atoms with Crippen molar-refractivity contribution in [1.29, 1.82) is 0 Å². The maximum Gasteiger partial charge on any atom is 0.249 e. The van der Waals surface area contributed by atoms with Gasteiger partial charge < -0.3 is 9.64 Å². The molecule has 0 aromatic heterocycles. The highest BCUT2D eigenvalue weighted by Crippen LogP contribution is 2.33. The Kier molecular flexibility index (Phi) is 5.60. The van der Waals surface area contributed by atoms with Crippen LogP contribution in [0.1, 0.15) is 68.2 Å². The van der Waals surface area contributed by atoms with E-state index >= 15 is 0 Å². The Bertz CT molecular complexity index is 583. The van der Waals surface area contributed by atoms with E-state index in [-0.39, 0.29) is 24.7 Å². The van der Waals surface area contributed by atoms with E-state index in [1.54, 1.807) is 0 Å². The molecule has 1 aromatic carbocycles. The van der Waals surface area contributed by atoms with Crippen LogP contribution >= 0.6 is 0 Å². The van der Waals surface area contributed by atoms with Gasteiger partial charge in [0.15, 0.2) is 0 Å². The van der Waals surface area contributed by atoms with Crippen molar-refractivity contribution in [1.82, 2.24) is 4.90 Å². The zero-order valence-electron chi connectivity index (χ0n) is 15.4. The van der Waals surface area contributed by atoms with Gasteiger partial charge in [0.05, 0.1) is 12.1 Å². The SMILES string of the molecule is Cc1ccc(C2CCCN2C(=O)COC2CCCC(C)C2)cc1C. The van der Waals surface area contributed by atoms with E-state index in [0.29, 0.717) is 0 Å². The lowest BCUT2D eigenvalue weighted by molar-refractivity contribution is -0.140. The molecule has 0 spiro atoms. The monoisotopic (exact) mass is 329 g/mol. The molecular formula is C21H31NO2. The highest BCUT2D eigenvalue weighted by atomic mass is 16.5. The number of ether oxygens (including phenoxy) is 1. The van der Waals surface area contributed by atoms with E-state index in [1.165, 1.54) is 29.5 Å². The van der Waals surface area contributed by atoms with Crippen molar-refractivity contribution in [3.05, 3.63) is 34.9 Å². The molecule has 0 radical (unpaired) electrons. The van der Waals surface area contributed by atoms with Crippen molar-refractivity contribution in [3.63, 3.8) is 0 Å². The molecule has 1 aliphatic carbocycles. The highest BCUT2D eigenvalue weighted by Gasteiger charge is 2.30. The summed E-state index contributed by atoms with van der Waals surface area (Å²) >= 11 is 0. The third-order valence-electron chi connectivity index (χ3n) is 5.82. The molecule has 2 fully saturated rings. The summed E-state index contributed by atoms with van der Waals surface area (Å²) in [5.74, 6) is 0.892. The molecule has 1 saturated carbocycles. The molecule has 1 heterocycles. The zero-order chi connectivity index (χ0) is 17.1. The Morgan fingerprint density at radius 1 is 1.17 bits per heavy atom. The molecule has 3 unspecified atom stereocenters. The third-order valence-corrected chi connectivity index (χ3v) is 5.82. The molecule has 3 atom stereocenters. The summed E-state index contributed by atoms with van der Waals surface area (Å²) in [5.41, 5.74) is 3.89. The number of amides is 1. The second-order valence-electron chi connectivity index (χ2n) is 7.79. The summed E-state index contributed by atoms with van der Waals surface area (Å²) in [5, 5.41) is 0. The van der Waals surface area contributed by atoms with Crippen molar-refractivity contribution >= 4 is 5.91 Å². The van der Waals surface area contributed by atoms with Crippen LogP contribution in [0.5, 0.6) is 0 Å². The standard InChI is InChI=1S/C21H31NO2/c1-15-6-4-7-19(12-15)24-14-21(23)22-11-5-8-20(22)18-10-9-16(2)17(3)13-18/h9-10,13,15,19-20H,4-8,11-12,14H2,1-3H3. The molecule has 3 rings (SSSR count). The molecule has 24 heavy (non-hydrogen) atoms. The maximum absolute atomic E-state index is 12.7. The number of carbonyl (C=O) groups excluding carboxylic acids is 1. The lowest BCUT2D eigenvalue weighted by atomic mass is 9.89. The summed E-state index contributed by atoms with van der Waals surface area (Å²) in [6.07, 6.45) is 7.18. The molecule has 1 aliphatic heterocycles. The number of aryl methyl sites for hydroxylation is 2. The first-order chi connectivity index (χ1) is 11.5. The first-order valence-corrected chi connectivity index (χ1v) is 9.53. The van der Waals surface area contributed by atoms with Crippen molar-refractivity contribution < 1.29 is 9.53 Å². The van der Waals surface area contributed by atoms with Crippen LogP contribution in [0.4, 0.5) is 0 Å². The molecule has 1 amide bonds. The fourth-order valence-corrected chi connectivity index (χ4v) is 4.19. The average Bonchev–Trinajstić information content (AvgIpc) is 3.05. The van der Waals surface area contributed by atoms with Gasteiger partial charge in [-0.2, -0.15) is 0 Å². The van der Waals surface area contributed by atoms with Crippen molar-refractivity contribution in [2.45, 2.75) is 71.4 Å². The lowest BCUT2D eigenvalue weighted by Gasteiger charge is -2.29. The first-order valence-electron chi connectivity index (χ1n) is 9.53. The number of hydrogen-bond acceptors (Lipinski definition) is 2. The molecule has 3 heteroatoms. The van der Waals surface area contributed by atoms with E-state index in [1.807, 2.05) is 4.90 Å². The normalized spacial score (nSPS) is 27.5. The van der Waals surface area contributed by atoms with Gasteiger partial charge in [-0.15, -0.1) is 0 Å². The van der Waals surface area contributed by atoms with Gasteiger partial charge in [0, 0.05) is 6.54 Å². The largest absolute Gasteiger partial charge is 0.368 e. The molecule has 132 valence electrons. The van der Waals surface area contributed by atoms with Gasteiger partial charge in [0.25, 0.3) is 0 Å². The number of benzene rings is 1. The zero-order valence-corrected chi connectivity index (χ0v) is 15.4. The Morgan fingerprint density at radius 3 is 2.75 bits per heavy atom. The molecule has 0 N–H and O–H groups in total. The molecule has 1 saturated heterocycles. The molecule has 0 bridgehead atoms. The number of likely N-dealkylation sites (tertiary alicyclic amines) is 1. The van der Waals surface area contributed by atoms with Gasteiger partial charge in [-0.1, -0.05) is 38.0 Å². The molecule has 3 nitrogen and oxygen atoms in total. The van der Waals surface area contributed by atoms with Crippen LogP contribution in [0.3, 0.4) is 0 Å². The van der Waals surface area contributed by atoms with Crippen molar-refractivity contribution in [2.24, 2.45) is 5.92 Å². The lowest BCUT2D eigenvalue weighted by Crippen LogP contribution is -2.35. The van der Waals surface area contributed by atoms with Crippen LogP contribution in [0.2, 0.25) is 0 Å². The summed E-state index contributed by atoms with van der Waals surface area (Å²) in [7, 11) is 0. The van der Waals surface area contributed by atoms with Crippen LogP contribution in [-0.2, 0) is 9.53 Å². The van der Waals surface area contributed by atoms with E-state index in [2.05, 4.69) is 39.0 Å². The molecule has 2 aliphatic rings. The van der Waals surface area contributed by atoms with Crippen LogP contribution in [-0.4, -0.2) is 30.1 Å². The van der Waals surface area contributed by atoms with Crippen LogP contribution in [0.25, 0.3) is 0 Å². The summed E-state index contributed by atoms with van der Waals surface area (Å²) in [6.45, 7) is 7.68. The van der Waals surface area contributed by atoms with Gasteiger partial charge in [-0.3, -0.25) is 4.79 Å². The van der Waals surface area contributed by atoms with Crippen molar-refractivity contribution in [2.75, 3.05) is 13.2 Å². The molecular weight excluding hydrogens is 298 g/mol. The minimum absolute atomic E-state index is 0.161. The fourth-order valence-electron chi connectivity index (χ4n) is 4.19. The Balaban J connectivity index is 1.60. The topological polar surface area (TPSA) is 29.5 Å². The quantitative estimate of drug-likeness (QED) is 0.810. The second-order valence-corrected chi connectivity index (χ2v) is 7.79. The Labute approximate surface area is 146 Å². The molecule has 1 aromatic rings. The Hall–Kier alpha value is -1.35. The first kappa shape index (κ1) is 17.5. The van der Waals surface area contributed by atoms with Gasteiger partial charge >= 0.3 is 0 Å².